The minimum absolute atomic E-state index is 0.208. The second-order valence-electron chi connectivity index (χ2n) is 7.73. The number of nitrogens with zero attached hydrogens (tertiary/aromatic N) is 2. The van der Waals surface area contributed by atoms with Crippen molar-refractivity contribution in [1.29, 1.82) is 0 Å². The number of halogens is 1. The Morgan fingerprint density at radius 1 is 1.04 bits per heavy atom. The van der Waals surface area contributed by atoms with Crippen LogP contribution in [0.2, 0.25) is 0 Å². The van der Waals surface area contributed by atoms with Gasteiger partial charge in [0.15, 0.2) is 5.96 Å². The minimum Gasteiger partial charge on any atom is -0.356 e. The fraction of sp³-hybridized carbons (Fsp3) is 0.409. The Labute approximate surface area is 162 Å². The lowest BCUT2D eigenvalue weighted by molar-refractivity contribution is 0.402. The van der Waals surface area contributed by atoms with E-state index in [1.807, 2.05) is 6.07 Å². The van der Waals surface area contributed by atoms with E-state index in [1.54, 1.807) is 19.2 Å². The molecule has 0 saturated heterocycles. The molecule has 0 aliphatic carbocycles. The van der Waals surface area contributed by atoms with Gasteiger partial charge >= 0.3 is 0 Å². The Bertz CT molecular complexity index is 751. The first kappa shape index (κ1) is 20.9. The van der Waals surface area contributed by atoms with E-state index in [0.717, 1.165) is 18.1 Å². The monoisotopic (exact) mass is 370 g/mol. The number of guanidine groups is 1. The van der Waals surface area contributed by atoms with Gasteiger partial charge in [0.1, 0.15) is 5.82 Å². The molecule has 2 aromatic rings. The topological polar surface area (TPSA) is 39.7 Å². The summed E-state index contributed by atoms with van der Waals surface area (Å²) >= 11 is 0. The summed E-state index contributed by atoms with van der Waals surface area (Å²) in [6.07, 6.45) is 0. The van der Waals surface area contributed by atoms with Gasteiger partial charge in [-0.1, -0.05) is 50.2 Å². The molecule has 0 heterocycles. The van der Waals surface area contributed by atoms with Crippen LogP contribution in [0.5, 0.6) is 0 Å². The van der Waals surface area contributed by atoms with E-state index in [2.05, 4.69) is 72.7 Å². The SMILES string of the molecule is CN=C(NCc1ccc(CN(C)C)cc1)NCC(C)(C)c1cccc(F)c1. The van der Waals surface area contributed by atoms with E-state index in [9.17, 15) is 4.39 Å². The summed E-state index contributed by atoms with van der Waals surface area (Å²) in [5.41, 5.74) is 3.24. The summed E-state index contributed by atoms with van der Waals surface area (Å²) in [6.45, 7) is 6.46. The first-order valence-electron chi connectivity index (χ1n) is 9.23. The highest BCUT2D eigenvalue weighted by molar-refractivity contribution is 5.79. The van der Waals surface area contributed by atoms with Crippen LogP contribution < -0.4 is 10.6 Å². The number of rotatable bonds is 7. The summed E-state index contributed by atoms with van der Waals surface area (Å²) in [6, 6.07) is 15.3. The fourth-order valence-electron chi connectivity index (χ4n) is 2.85. The predicted molar refractivity (Wildman–Crippen MR) is 111 cm³/mol. The molecule has 146 valence electrons. The smallest absolute Gasteiger partial charge is 0.191 e. The van der Waals surface area contributed by atoms with Crippen molar-refractivity contribution >= 4 is 5.96 Å². The third kappa shape index (κ3) is 6.68. The third-order valence-corrected chi connectivity index (χ3v) is 4.51. The van der Waals surface area contributed by atoms with Crippen LogP contribution in [0.3, 0.4) is 0 Å². The Balaban J connectivity index is 1.88. The molecule has 27 heavy (non-hydrogen) atoms. The molecule has 2 N–H and O–H groups in total. The zero-order valence-corrected chi connectivity index (χ0v) is 17.0. The molecule has 0 atom stereocenters. The second-order valence-corrected chi connectivity index (χ2v) is 7.73. The summed E-state index contributed by atoms with van der Waals surface area (Å²) in [7, 11) is 5.89. The maximum Gasteiger partial charge on any atom is 0.191 e. The molecule has 0 radical (unpaired) electrons. The average Bonchev–Trinajstić information content (AvgIpc) is 2.62. The molecule has 0 aliphatic heterocycles. The number of aliphatic imine (C=N–C) groups is 1. The third-order valence-electron chi connectivity index (χ3n) is 4.51. The minimum atomic E-state index is -0.215. The van der Waals surface area contributed by atoms with Gasteiger partial charge in [0, 0.05) is 32.1 Å². The van der Waals surface area contributed by atoms with Crippen molar-refractivity contribution < 1.29 is 4.39 Å². The maximum absolute atomic E-state index is 13.5. The number of hydrogen-bond donors (Lipinski definition) is 2. The van der Waals surface area contributed by atoms with Gasteiger partial charge < -0.3 is 15.5 Å². The van der Waals surface area contributed by atoms with Gasteiger partial charge in [-0.05, 0) is 42.9 Å². The van der Waals surface area contributed by atoms with Crippen molar-refractivity contribution in [3.05, 3.63) is 71.0 Å². The van der Waals surface area contributed by atoms with Crippen molar-refractivity contribution in [2.75, 3.05) is 27.7 Å². The highest BCUT2D eigenvalue weighted by Gasteiger charge is 2.21. The fourth-order valence-corrected chi connectivity index (χ4v) is 2.85. The van der Waals surface area contributed by atoms with Gasteiger partial charge in [-0.25, -0.2) is 4.39 Å². The van der Waals surface area contributed by atoms with Crippen LogP contribution in [0.25, 0.3) is 0 Å². The molecule has 4 nitrogen and oxygen atoms in total. The Kier molecular flexibility index (Phi) is 7.36. The summed E-state index contributed by atoms with van der Waals surface area (Å²) < 4.78 is 13.5. The lowest BCUT2D eigenvalue weighted by Gasteiger charge is -2.27. The van der Waals surface area contributed by atoms with Crippen molar-refractivity contribution in [2.45, 2.75) is 32.4 Å². The number of benzene rings is 2. The molecular weight excluding hydrogens is 339 g/mol. The van der Waals surface area contributed by atoms with E-state index < -0.39 is 0 Å². The molecular formula is C22H31FN4. The Morgan fingerprint density at radius 3 is 2.30 bits per heavy atom. The van der Waals surface area contributed by atoms with Crippen LogP contribution in [0.4, 0.5) is 4.39 Å². The zero-order valence-electron chi connectivity index (χ0n) is 17.0. The van der Waals surface area contributed by atoms with Crippen LogP contribution in [-0.4, -0.2) is 38.5 Å². The molecule has 0 bridgehead atoms. The van der Waals surface area contributed by atoms with E-state index in [0.29, 0.717) is 13.1 Å². The molecule has 0 aliphatic rings. The van der Waals surface area contributed by atoms with Crippen LogP contribution in [-0.2, 0) is 18.5 Å². The second kappa shape index (κ2) is 9.51. The predicted octanol–water partition coefficient (Wildman–Crippen LogP) is 3.53. The van der Waals surface area contributed by atoms with Crippen molar-refractivity contribution in [2.24, 2.45) is 4.99 Å². The van der Waals surface area contributed by atoms with E-state index in [4.69, 9.17) is 0 Å². The van der Waals surface area contributed by atoms with Gasteiger partial charge in [-0.2, -0.15) is 0 Å². The maximum atomic E-state index is 13.5. The lowest BCUT2D eigenvalue weighted by Crippen LogP contribution is -2.43. The molecule has 0 aromatic heterocycles. The van der Waals surface area contributed by atoms with Gasteiger partial charge in [0.05, 0.1) is 0 Å². The summed E-state index contributed by atoms with van der Waals surface area (Å²) in [5, 5.41) is 6.68. The van der Waals surface area contributed by atoms with Crippen LogP contribution in [0.1, 0.15) is 30.5 Å². The van der Waals surface area contributed by atoms with E-state index in [1.165, 1.54) is 17.2 Å². The average molecular weight is 371 g/mol. The summed E-state index contributed by atoms with van der Waals surface area (Å²) in [5.74, 6) is 0.526. The quantitative estimate of drug-likeness (QED) is 0.579. The zero-order chi connectivity index (χ0) is 19.9. The standard InChI is InChI=1S/C22H31FN4/c1-22(2,19-7-6-8-20(23)13-19)16-26-21(24-3)25-14-17-9-11-18(12-10-17)15-27(4)5/h6-13H,14-16H2,1-5H3,(H2,24,25,26). The molecule has 0 spiro atoms. The molecule has 5 heteroatoms. The van der Waals surface area contributed by atoms with Gasteiger partial charge in [-0.15, -0.1) is 0 Å². The van der Waals surface area contributed by atoms with Crippen molar-refractivity contribution in [3.63, 3.8) is 0 Å². The lowest BCUT2D eigenvalue weighted by atomic mass is 9.84. The molecule has 2 rings (SSSR count). The highest BCUT2D eigenvalue weighted by atomic mass is 19.1. The molecule has 0 unspecified atom stereocenters. The van der Waals surface area contributed by atoms with E-state index >= 15 is 0 Å². The Morgan fingerprint density at radius 2 is 1.70 bits per heavy atom. The van der Waals surface area contributed by atoms with Crippen molar-refractivity contribution in [3.8, 4) is 0 Å². The first-order chi connectivity index (χ1) is 12.8. The van der Waals surface area contributed by atoms with Gasteiger partial charge in [0.25, 0.3) is 0 Å². The van der Waals surface area contributed by atoms with Gasteiger partial charge in [-0.3, -0.25) is 4.99 Å². The van der Waals surface area contributed by atoms with Crippen LogP contribution >= 0.6 is 0 Å². The normalized spacial score (nSPS) is 12.3. The van der Waals surface area contributed by atoms with Crippen LogP contribution in [0.15, 0.2) is 53.5 Å². The Hall–Kier alpha value is -2.40. The highest BCUT2D eigenvalue weighted by Crippen LogP contribution is 2.22. The van der Waals surface area contributed by atoms with Gasteiger partial charge in [0.2, 0.25) is 0 Å². The van der Waals surface area contributed by atoms with Crippen molar-refractivity contribution in [1.82, 2.24) is 15.5 Å². The van der Waals surface area contributed by atoms with Crippen LogP contribution in [0, 0.1) is 5.82 Å². The first-order valence-corrected chi connectivity index (χ1v) is 9.23. The van der Waals surface area contributed by atoms with E-state index in [-0.39, 0.29) is 11.2 Å². The molecule has 2 aromatic carbocycles. The number of hydrogen-bond acceptors (Lipinski definition) is 2. The molecule has 0 fully saturated rings. The largest absolute Gasteiger partial charge is 0.356 e. The molecule has 0 saturated carbocycles. The summed E-state index contributed by atoms with van der Waals surface area (Å²) in [4.78, 5) is 6.44. The molecule has 0 amide bonds. The number of nitrogens with one attached hydrogen (secondary N) is 2.